The van der Waals surface area contributed by atoms with E-state index in [2.05, 4.69) is 33.0 Å². The Hall–Kier alpha value is -0.490. The molecular formula is C10H14ClN3S2. The van der Waals surface area contributed by atoms with E-state index in [1.165, 1.54) is 5.01 Å². The monoisotopic (exact) mass is 275 g/mol. The van der Waals surface area contributed by atoms with Gasteiger partial charge in [-0.25, -0.2) is 9.97 Å². The summed E-state index contributed by atoms with van der Waals surface area (Å²) in [6.45, 7) is 3.78. The fraction of sp³-hybridized carbons (Fsp3) is 0.400. The normalized spacial score (nSPS) is 10.1. The fourth-order valence-electron chi connectivity index (χ4n) is 1.24. The summed E-state index contributed by atoms with van der Waals surface area (Å²) >= 11 is 3.36. The average molecular weight is 276 g/mol. The molecule has 0 saturated heterocycles. The standard InChI is InChI=1S/C10H13N3S2.ClH/c1-2-10-13-9(6-15-10)4-11-3-8-5-14-7-12-8;/h5-7,11H,2-4H2,1H3;1H. The molecule has 16 heavy (non-hydrogen) atoms. The van der Waals surface area contributed by atoms with Gasteiger partial charge in [-0.15, -0.1) is 35.1 Å². The molecule has 0 unspecified atom stereocenters. The lowest BCUT2D eigenvalue weighted by molar-refractivity contribution is 0.671. The number of aromatic nitrogens is 2. The third-order valence-corrected chi connectivity index (χ3v) is 3.67. The molecule has 2 rings (SSSR count). The molecule has 0 spiro atoms. The quantitative estimate of drug-likeness (QED) is 0.912. The first-order chi connectivity index (χ1) is 7.38. The van der Waals surface area contributed by atoms with Crippen LogP contribution in [0.5, 0.6) is 0 Å². The molecule has 0 aliphatic carbocycles. The number of hydrogen-bond acceptors (Lipinski definition) is 5. The molecule has 3 nitrogen and oxygen atoms in total. The van der Waals surface area contributed by atoms with E-state index >= 15 is 0 Å². The highest BCUT2D eigenvalue weighted by molar-refractivity contribution is 7.09. The Bertz CT molecular complexity index is 400. The fourth-order valence-corrected chi connectivity index (χ4v) is 2.54. The van der Waals surface area contributed by atoms with Gasteiger partial charge in [0, 0.05) is 23.8 Å². The van der Waals surface area contributed by atoms with E-state index in [0.29, 0.717) is 0 Å². The highest BCUT2D eigenvalue weighted by atomic mass is 35.5. The van der Waals surface area contributed by atoms with Gasteiger partial charge in [-0.1, -0.05) is 6.92 Å². The first-order valence-corrected chi connectivity index (χ1v) is 6.71. The molecule has 0 fully saturated rings. The number of halogens is 1. The molecule has 0 aromatic carbocycles. The van der Waals surface area contributed by atoms with Crippen LogP contribution in [-0.2, 0) is 19.5 Å². The van der Waals surface area contributed by atoms with Crippen molar-refractivity contribution in [3.05, 3.63) is 32.7 Å². The Balaban J connectivity index is 0.00000128. The van der Waals surface area contributed by atoms with Crippen molar-refractivity contribution in [2.45, 2.75) is 26.4 Å². The summed E-state index contributed by atoms with van der Waals surface area (Å²) in [5.41, 5.74) is 4.09. The smallest absolute Gasteiger partial charge is 0.0926 e. The molecular weight excluding hydrogens is 262 g/mol. The molecule has 0 radical (unpaired) electrons. The zero-order chi connectivity index (χ0) is 10.5. The van der Waals surface area contributed by atoms with Crippen molar-refractivity contribution in [3.63, 3.8) is 0 Å². The molecule has 2 aromatic rings. The van der Waals surface area contributed by atoms with Crippen LogP contribution in [0.4, 0.5) is 0 Å². The Morgan fingerprint density at radius 2 is 2.06 bits per heavy atom. The maximum Gasteiger partial charge on any atom is 0.0926 e. The molecule has 0 saturated carbocycles. The lowest BCUT2D eigenvalue weighted by Gasteiger charge is -1.98. The lowest BCUT2D eigenvalue weighted by atomic mass is 10.4. The lowest BCUT2D eigenvalue weighted by Crippen LogP contribution is -2.13. The van der Waals surface area contributed by atoms with Crippen molar-refractivity contribution in [1.82, 2.24) is 15.3 Å². The van der Waals surface area contributed by atoms with Gasteiger partial charge in [-0.05, 0) is 6.42 Å². The highest BCUT2D eigenvalue weighted by Crippen LogP contribution is 2.10. The minimum Gasteiger partial charge on any atom is -0.305 e. The van der Waals surface area contributed by atoms with Crippen LogP contribution in [-0.4, -0.2) is 9.97 Å². The summed E-state index contributed by atoms with van der Waals surface area (Å²) in [6.07, 6.45) is 1.02. The zero-order valence-corrected chi connectivity index (χ0v) is 11.4. The van der Waals surface area contributed by atoms with Crippen LogP contribution < -0.4 is 5.32 Å². The Morgan fingerprint density at radius 3 is 2.69 bits per heavy atom. The number of hydrogen-bond donors (Lipinski definition) is 1. The van der Waals surface area contributed by atoms with Crippen LogP contribution >= 0.6 is 35.1 Å². The molecule has 2 aromatic heterocycles. The van der Waals surface area contributed by atoms with Gasteiger partial charge in [0.2, 0.25) is 0 Å². The van der Waals surface area contributed by atoms with Gasteiger partial charge >= 0.3 is 0 Å². The van der Waals surface area contributed by atoms with Crippen LogP contribution in [0.2, 0.25) is 0 Å². The highest BCUT2D eigenvalue weighted by Gasteiger charge is 2.00. The molecule has 88 valence electrons. The van der Waals surface area contributed by atoms with E-state index in [9.17, 15) is 0 Å². The second-order valence-electron chi connectivity index (χ2n) is 3.17. The molecule has 6 heteroatoms. The Kier molecular flexibility index (Phi) is 5.90. The summed E-state index contributed by atoms with van der Waals surface area (Å²) in [5.74, 6) is 0. The van der Waals surface area contributed by atoms with E-state index in [0.717, 1.165) is 30.9 Å². The summed E-state index contributed by atoms with van der Waals surface area (Å²) in [5, 5.41) is 8.72. The predicted octanol–water partition coefficient (Wildman–Crippen LogP) is 2.87. The first-order valence-electron chi connectivity index (χ1n) is 4.89. The van der Waals surface area contributed by atoms with Crippen molar-refractivity contribution in [1.29, 1.82) is 0 Å². The number of thiazole rings is 2. The average Bonchev–Trinajstić information content (AvgIpc) is 2.88. The largest absolute Gasteiger partial charge is 0.305 e. The third-order valence-electron chi connectivity index (χ3n) is 2.00. The Morgan fingerprint density at radius 1 is 1.25 bits per heavy atom. The molecule has 0 aliphatic heterocycles. The zero-order valence-electron chi connectivity index (χ0n) is 8.97. The maximum absolute atomic E-state index is 4.49. The van der Waals surface area contributed by atoms with E-state index in [1.807, 2.05) is 5.51 Å². The van der Waals surface area contributed by atoms with E-state index in [-0.39, 0.29) is 12.4 Å². The van der Waals surface area contributed by atoms with Crippen molar-refractivity contribution in [2.75, 3.05) is 0 Å². The summed E-state index contributed by atoms with van der Waals surface area (Å²) < 4.78 is 0. The van der Waals surface area contributed by atoms with Crippen LogP contribution in [0.25, 0.3) is 0 Å². The van der Waals surface area contributed by atoms with Crippen molar-refractivity contribution in [3.8, 4) is 0 Å². The second-order valence-corrected chi connectivity index (χ2v) is 4.83. The summed E-state index contributed by atoms with van der Waals surface area (Å²) in [7, 11) is 0. The number of nitrogens with one attached hydrogen (secondary N) is 1. The second kappa shape index (κ2) is 6.96. The first kappa shape index (κ1) is 13.6. The molecule has 0 amide bonds. The van der Waals surface area contributed by atoms with Crippen LogP contribution in [0, 0.1) is 0 Å². The van der Waals surface area contributed by atoms with Crippen LogP contribution in [0.1, 0.15) is 23.3 Å². The van der Waals surface area contributed by atoms with Gasteiger partial charge in [0.15, 0.2) is 0 Å². The number of rotatable bonds is 5. The minimum atomic E-state index is 0. The number of aryl methyl sites for hydroxylation is 1. The van der Waals surface area contributed by atoms with Crippen molar-refractivity contribution < 1.29 is 0 Å². The van der Waals surface area contributed by atoms with Gasteiger partial charge in [0.25, 0.3) is 0 Å². The SMILES string of the molecule is CCc1nc(CNCc2cscn2)cs1.Cl. The maximum atomic E-state index is 4.49. The molecule has 2 heterocycles. The number of nitrogens with zero attached hydrogens (tertiary/aromatic N) is 2. The summed E-state index contributed by atoms with van der Waals surface area (Å²) in [6, 6.07) is 0. The van der Waals surface area contributed by atoms with Gasteiger partial charge in [-0.2, -0.15) is 0 Å². The van der Waals surface area contributed by atoms with Gasteiger partial charge < -0.3 is 5.32 Å². The minimum absolute atomic E-state index is 0. The molecule has 0 bridgehead atoms. The third kappa shape index (κ3) is 3.83. The van der Waals surface area contributed by atoms with Crippen LogP contribution in [0.15, 0.2) is 16.3 Å². The summed E-state index contributed by atoms with van der Waals surface area (Å²) in [4.78, 5) is 8.69. The van der Waals surface area contributed by atoms with Gasteiger partial charge in [0.1, 0.15) is 0 Å². The predicted molar refractivity (Wildman–Crippen MR) is 71.4 cm³/mol. The molecule has 0 atom stereocenters. The molecule has 1 N–H and O–H groups in total. The topological polar surface area (TPSA) is 37.8 Å². The van der Waals surface area contributed by atoms with Crippen molar-refractivity contribution >= 4 is 35.1 Å². The van der Waals surface area contributed by atoms with E-state index in [4.69, 9.17) is 0 Å². The van der Waals surface area contributed by atoms with Gasteiger partial charge in [0.05, 0.1) is 21.9 Å². The van der Waals surface area contributed by atoms with E-state index < -0.39 is 0 Å². The van der Waals surface area contributed by atoms with E-state index in [1.54, 1.807) is 22.7 Å². The molecule has 0 aliphatic rings. The van der Waals surface area contributed by atoms with Gasteiger partial charge in [-0.3, -0.25) is 0 Å². The van der Waals surface area contributed by atoms with Crippen LogP contribution in [0.3, 0.4) is 0 Å². The Labute approximate surface area is 109 Å². The van der Waals surface area contributed by atoms with Crippen molar-refractivity contribution in [2.24, 2.45) is 0 Å².